The average molecular weight is 427 g/mol. The molecule has 4 rings (SSSR count). The first-order chi connectivity index (χ1) is 14.4. The summed E-state index contributed by atoms with van der Waals surface area (Å²) in [7, 11) is 1.83. The van der Waals surface area contributed by atoms with Crippen molar-refractivity contribution in [3.63, 3.8) is 0 Å². The summed E-state index contributed by atoms with van der Waals surface area (Å²) in [6.45, 7) is 0.560. The summed E-state index contributed by atoms with van der Waals surface area (Å²) < 4.78 is 5.97. The molecule has 0 saturated carbocycles. The Morgan fingerprint density at radius 3 is 2.70 bits per heavy atom. The zero-order valence-electron chi connectivity index (χ0n) is 17.2. The normalized spacial score (nSPS) is 22.3. The Labute approximate surface area is 182 Å². The van der Waals surface area contributed by atoms with Gasteiger partial charge in [-0.3, -0.25) is 9.59 Å². The standard InChI is InChI=1S/C24H27ClN2O3/c1-27(16-20-14-18-4-2-3-5-21(18)30-20)23(29)11-13-24(12-10-22(28)26-24)15-17-6-8-19(25)9-7-17/h2-9,20H,10-16H2,1H3,(H,26,28)/t20-,24+/m1/s1. The molecule has 2 aromatic rings. The molecule has 30 heavy (non-hydrogen) atoms. The smallest absolute Gasteiger partial charge is 0.222 e. The van der Waals surface area contributed by atoms with Crippen LogP contribution in [-0.4, -0.2) is 41.9 Å². The van der Waals surface area contributed by atoms with Crippen LogP contribution in [0.4, 0.5) is 0 Å². The zero-order valence-corrected chi connectivity index (χ0v) is 18.0. The molecule has 0 spiro atoms. The van der Waals surface area contributed by atoms with Gasteiger partial charge in [-0.15, -0.1) is 0 Å². The Hall–Kier alpha value is -2.53. The van der Waals surface area contributed by atoms with E-state index in [1.807, 2.05) is 49.5 Å². The van der Waals surface area contributed by atoms with Crippen LogP contribution in [0, 0.1) is 0 Å². The molecule has 2 aliphatic heterocycles. The Bertz CT molecular complexity index is 905. The van der Waals surface area contributed by atoms with E-state index >= 15 is 0 Å². The van der Waals surface area contributed by atoms with Crippen LogP contribution in [0.5, 0.6) is 5.75 Å². The maximum absolute atomic E-state index is 12.8. The van der Waals surface area contributed by atoms with E-state index in [4.69, 9.17) is 16.3 Å². The molecule has 2 aromatic carbocycles. The molecule has 6 heteroatoms. The number of nitrogens with zero attached hydrogens (tertiary/aromatic N) is 1. The number of benzene rings is 2. The van der Waals surface area contributed by atoms with Crippen molar-refractivity contribution in [2.45, 2.75) is 50.2 Å². The molecule has 0 aliphatic carbocycles. The summed E-state index contributed by atoms with van der Waals surface area (Å²) in [4.78, 5) is 26.6. The van der Waals surface area contributed by atoms with Gasteiger partial charge in [-0.2, -0.15) is 0 Å². The number of ether oxygens (including phenoxy) is 1. The van der Waals surface area contributed by atoms with Gasteiger partial charge >= 0.3 is 0 Å². The van der Waals surface area contributed by atoms with Crippen molar-refractivity contribution in [1.29, 1.82) is 0 Å². The van der Waals surface area contributed by atoms with Gasteiger partial charge in [0.2, 0.25) is 11.8 Å². The van der Waals surface area contributed by atoms with Crippen molar-refractivity contribution in [3.05, 3.63) is 64.7 Å². The lowest BCUT2D eigenvalue weighted by Gasteiger charge is -2.30. The van der Waals surface area contributed by atoms with Crippen molar-refractivity contribution in [1.82, 2.24) is 10.2 Å². The van der Waals surface area contributed by atoms with Gasteiger partial charge in [-0.05, 0) is 48.6 Å². The minimum Gasteiger partial charge on any atom is -0.488 e. The number of hydrogen-bond acceptors (Lipinski definition) is 3. The SMILES string of the molecule is CN(C[C@H]1Cc2ccccc2O1)C(=O)CC[C@]1(Cc2ccc(Cl)cc2)CCC(=O)N1. The van der Waals surface area contributed by atoms with E-state index in [0.29, 0.717) is 37.3 Å². The number of carbonyl (C=O) groups excluding carboxylic acids is 2. The number of nitrogens with one attached hydrogen (secondary N) is 1. The first-order valence-electron chi connectivity index (χ1n) is 10.5. The van der Waals surface area contributed by atoms with Gasteiger partial charge in [0, 0.05) is 36.9 Å². The fraction of sp³-hybridized carbons (Fsp3) is 0.417. The lowest BCUT2D eigenvalue weighted by atomic mass is 9.85. The van der Waals surface area contributed by atoms with Gasteiger partial charge in [0.25, 0.3) is 0 Å². The molecule has 0 radical (unpaired) electrons. The number of carbonyl (C=O) groups is 2. The average Bonchev–Trinajstić information content (AvgIpc) is 3.31. The summed E-state index contributed by atoms with van der Waals surface area (Å²) in [5.41, 5.74) is 1.93. The monoisotopic (exact) mass is 426 g/mol. The summed E-state index contributed by atoms with van der Waals surface area (Å²) in [6.07, 6.45) is 3.78. The predicted molar refractivity (Wildman–Crippen MR) is 117 cm³/mol. The number of fused-ring (bicyclic) bond motifs is 1. The van der Waals surface area contributed by atoms with Gasteiger partial charge in [-0.1, -0.05) is 41.9 Å². The van der Waals surface area contributed by atoms with Crippen LogP contribution in [0.1, 0.15) is 36.8 Å². The lowest BCUT2D eigenvalue weighted by molar-refractivity contribution is -0.131. The van der Waals surface area contributed by atoms with Gasteiger partial charge < -0.3 is 15.0 Å². The second-order valence-electron chi connectivity index (χ2n) is 8.46. The molecule has 1 fully saturated rings. The Morgan fingerprint density at radius 1 is 1.23 bits per heavy atom. The van der Waals surface area contributed by atoms with Crippen molar-refractivity contribution < 1.29 is 14.3 Å². The number of halogens is 1. The fourth-order valence-electron chi connectivity index (χ4n) is 4.48. The van der Waals surface area contributed by atoms with E-state index in [1.165, 1.54) is 5.56 Å². The third kappa shape index (κ3) is 4.78. The first kappa shape index (κ1) is 20.7. The Morgan fingerprint density at radius 2 is 2.00 bits per heavy atom. The lowest BCUT2D eigenvalue weighted by Crippen LogP contribution is -2.45. The van der Waals surface area contributed by atoms with Crippen LogP contribution >= 0.6 is 11.6 Å². The molecule has 1 N–H and O–H groups in total. The number of amides is 2. The molecule has 1 saturated heterocycles. The third-order valence-corrected chi connectivity index (χ3v) is 6.38. The number of rotatable bonds is 7. The van der Waals surface area contributed by atoms with Crippen LogP contribution < -0.4 is 10.1 Å². The summed E-state index contributed by atoms with van der Waals surface area (Å²) in [5.74, 6) is 1.05. The second-order valence-corrected chi connectivity index (χ2v) is 8.89. The van der Waals surface area contributed by atoms with Crippen LogP contribution in [0.3, 0.4) is 0 Å². The highest BCUT2D eigenvalue weighted by molar-refractivity contribution is 6.30. The molecular weight excluding hydrogens is 400 g/mol. The van der Waals surface area contributed by atoms with Crippen LogP contribution in [0.2, 0.25) is 5.02 Å². The minimum absolute atomic E-state index is 0.00874. The molecular formula is C24H27ClN2O3. The first-order valence-corrected chi connectivity index (χ1v) is 10.8. The van der Waals surface area contributed by atoms with E-state index in [0.717, 1.165) is 24.2 Å². The van der Waals surface area contributed by atoms with Gasteiger partial charge in [0.05, 0.1) is 6.54 Å². The van der Waals surface area contributed by atoms with E-state index in [-0.39, 0.29) is 23.5 Å². The Balaban J connectivity index is 1.33. The van der Waals surface area contributed by atoms with Crippen molar-refractivity contribution in [2.24, 2.45) is 0 Å². The molecule has 0 bridgehead atoms. The molecule has 2 atom stereocenters. The molecule has 2 heterocycles. The summed E-state index contributed by atoms with van der Waals surface area (Å²) >= 11 is 5.99. The maximum atomic E-state index is 12.8. The molecule has 5 nitrogen and oxygen atoms in total. The van der Waals surface area contributed by atoms with Crippen LogP contribution in [0.15, 0.2) is 48.5 Å². The second kappa shape index (κ2) is 8.68. The van der Waals surface area contributed by atoms with Crippen molar-refractivity contribution in [3.8, 4) is 5.75 Å². The van der Waals surface area contributed by atoms with Crippen LogP contribution in [0.25, 0.3) is 0 Å². The van der Waals surface area contributed by atoms with Crippen molar-refractivity contribution in [2.75, 3.05) is 13.6 Å². The molecule has 2 aliphatic rings. The largest absolute Gasteiger partial charge is 0.488 e. The number of para-hydroxylation sites is 1. The summed E-state index contributed by atoms with van der Waals surface area (Å²) in [6, 6.07) is 15.7. The van der Waals surface area contributed by atoms with Gasteiger partial charge in [-0.25, -0.2) is 0 Å². The van der Waals surface area contributed by atoms with Gasteiger partial charge in [0.15, 0.2) is 0 Å². The fourth-order valence-corrected chi connectivity index (χ4v) is 4.60. The van der Waals surface area contributed by atoms with Crippen LogP contribution in [-0.2, 0) is 22.4 Å². The maximum Gasteiger partial charge on any atom is 0.222 e. The Kier molecular flexibility index (Phi) is 6.00. The van der Waals surface area contributed by atoms with Gasteiger partial charge in [0.1, 0.15) is 11.9 Å². The number of hydrogen-bond donors (Lipinski definition) is 1. The highest BCUT2D eigenvalue weighted by Crippen LogP contribution is 2.31. The molecule has 0 aromatic heterocycles. The van der Waals surface area contributed by atoms with E-state index in [1.54, 1.807) is 4.90 Å². The third-order valence-electron chi connectivity index (χ3n) is 6.13. The summed E-state index contributed by atoms with van der Waals surface area (Å²) in [5, 5.41) is 3.83. The highest BCUT2D eigenvalue weighted by Gasteiger charge is 2.38. The predicted octanol–water partition coefficient (Wildman–Crippen LogP) is 3.77. The van der Waals surface area contributed by atoms with E-state index < -0.39 is 0 Å². The minimum atomic E-state index is -0.374. The topological polar surface area (TPSA) is 58.6 Å². The zero-order chi connectivity index (χ0) is 21.1. The molecule has 2 amide bonds. The molecule has 158 valence electrons. The van der Waals surface area contributed by atoms with E-state index in [2.05, 4.69) is 11.4 Å². The van der Waals surface area contributed by atoms with Crippen molar-refractivity contribution >= 4 is 23.4 Å². The highest BCUT2D eigenvalue weighted by atomic mass is 35.5. The quantitative estimate of drug-likeness (QED) is 0.733. The molecule has 0 unspecified atom stereocenters. The number of likely N-dealkylation sites (N-methyl/N-ethyl adjacent to an activating group) is 1. The van der Waals surface area contributed by atoms with E-state index in [9.17, 15) is 9.59 Å².